The van der Waals surface area contributed by atoms with Gasteiger partial charge in [0.2, 0.25) is 0 Å². The monoisotopic (exact) mass is 512 g/mol. The molecule has 2 aromatic heterocycles. The minimum Gasteiger partial charge on any atom is -0.396 e. The molecule has 3 aromatic rings. The third-order valence-electron chi connectivity index (χ3n) is 5.90. The van der Waals surface area contributed by atoms with Crippen molar-refractivity contribution in [3.05, 3.63) is 76.6 Å². The fraction of sp³-hybridized carbons (Fsp3) is 0.269. The molecular formula is C26H26F2N4O3S. The molecule has 10 heteroatoms. The number of rotatable bonds is 9. The number of hydrogen-bond acceptors (Lipinski definition) is 7. The zero-order valence-corrected chi connectivity index (χ0v) is 20.4. The number of aromatic nitrogens is 1. The molecule has 188 valence electrons. The quantitative estimate of drug-likeness (QED) is 0.329. The maximum absolute atomic E-state index is 14.9. The molecule has 0 aliphatic heterocycles. The smallest absolute Gasteiger partial charge is 0.251 e. The van der Waals surface area contributed by atoms with Gasteiger partial charge in [-0.05, 0) is 48.7 Å². The van der Waals surface area contributed by atoms with Crippen LogP contribution >= 0.6 is 11.3 Å². The summed E-state index contributed by atoms with van der Waals surface area (Å²) in [6.07, 6.45) is 3.80. The highest BCUT2D eigenvalue weighted by Crippen LogP contribution is 2.39. The Morgan fingerprint density at radius 1 is 1.22 bits per heavy atom. The van der Waals surface area contributed by atoms with Crippen LogP contribution in [0.1, 0.15) is 53.7 Å². The summed E-state index contributed by atoms with van der Waals surface area (Å²) in [6.45, 7) is 1.82. The molecule has 0 radical (unpaired) electrons. The summed E-state index contributed by atoms with van der Waals surface area (Å²) in [5.74, 6) is -2.24. The maximum atomic E-state index is 14.9. The number of amides is 1. The van der Waals surface area contributed by atoms with Crippen molar-refractivity contribution in [2.45, 2.75) is 38.6 Å². The van der Waals surface area contributed by atoms with E-state index in [1.54, 1.807) is 25.1 Å². The highest BCUT2D eigenvalue weighted by atomic mass is 32.1. The van der Waals surface area contributed by atoms with Gasteiger partial charge in [0, 0.05) is 35.6 Å². The normalized spacial score (nSPS) is 14.3. The predicted octanol–water partition coefficient (Wildman–Crippen LogP) is 4.75. The molecule has 1 aromatic carbocycles. The van der Waals surface area contributed by atoms with Crippen LogP contribution in [0.4, 0.5) is 19.6 Å². The summed E-state index contributed by atoms with van der Waals surface area (Å²) in [5.41, 5.74) is 7.25. The van der Waals surface area contributed by atoms with E-state index in [-0.39, 0.29) is 28.4 Å². The first-order valence-electron chi connectivity index (χ1n) is 11.5. The van der Waals surface area contributed by atoms with Crippen molar-refractivity contribution in [2.75, 3.05) is 11.9 Å². The van der Waals surface area contributed by atoms with Gasteiger partial charge in [-0.2, -0.15) is 0 Å². The molecule has 1 aliphatic carbocycles. The van der Waals surface area contributed by atoms with Crippen LogP contribution in [0.2, 0.25) is 0 Å². The van der Waals surface area contributed by atoms with Gasteiger partial charge in [-0.25, -0.2) is 13.8 Å². The van der Waals surface area contributed by atoms with Crippen LogP contribution in [-0.2, 0) is 11.3 Å². The number of benzene rings is 1. The number of hydrogen-bond donors (Lipinski definition) is 4. The summed E-state index contributed by atoms with van der Waals surface area (Å²) < 4.78 is 29.8. The van der Waals surface area contributed by atoms with Crippen molar-refractivity contribution in [2.24, 2.45) is 5.73 Å². The van der Waals surface area contributed by atoms with Gasteiger partial charge >= 0.3 is 0 Å². The van der Waals surface area contributed by atoms with Crippen LogP contribution in [0.25, 0.3) is 10.4 Å². The number of carbonyl (C=O) groups is 2. The fourth-order valence-electron chi connectivity index (χ4n) is 3.91. The number of ketones is 1. The number of nitrogens with zero attached hydrogens (tertiary/aromatic N) is 1. The first-order valence-corrected chi connectivity index (χ1v) is 12.3. The van der Waals surface area contributed by atoms with E-state index in [2.05, 4.69) is 15.6 Å². The van der Waals surface area contributed by atoms with Crippen molar-refractivity contribution < 1.29 is 23.5 Å². The number of carbonyl (C=O) groups excluding carboxylic acids is 2. The number of primary amides is 1. The molecule has 0 fully saturated rings. The van der Waals surface area contributed by atoms with Gasteiger partial charge in [-0.3, -0.25) is 9.59 Å². The van der Waals surface area contributed by atoms with Crippen LogP contribution in [-0.4, -0.2) is 28.4 Å². The molecule has 2 heterocycles. The molecule has 5 N–H and O–H groups in total. The summed E-state index contributed by atoms with van der Waals surface area (Å²) in [6, 6.07) is 9.02. The lowest BCUT2D eigenvalue weighted by molar-refractivity contribution is -0.115. The van der Waals surface area contributed by atoms with Gasteiger partial charge in [-0.15, -0.1) is 11.3 Å². The molecule has 1 unspecified atom stereocenters. The molecule has 36 heavy (non-hydrogen) atoms. The average Bonchev–Trinajstić information content (AvgIpc) is 3.25. The third kappa shape index (κ3) is 5.77. The molecule has 1 aliphatic rings. The molecule has 0 bridgehead atoms. The second-order valence-electron chi connectivity index (χ2n) is 8.64. The molecule has 1 atom stereocenters. The summed E-state index contributed by atoms with van der Waals surface area (Å²) >= 11 is 0.983. The molecule has 0 saturated heterocycles. The number of aliphatic hydroxyl groups is 1. The SMILES string of the molecule is CC(CO)c1cc(F)c(-c2cc(C(N)=O)c(Nc3cccc(CNC4=CC(=O)CCC4)n3)s2)c(F)c1. The maximum Gasteiger partial charge on any atom is 0.251 e. The number of halogens is 2. The Balaban J connectivity index is 1.58. The Hall–Kier alpha value is -3.63. The molecule has 0 saturated carbocycles. The molecule has 4 rings (SSSR count). The lowest BCUT2D eigenvalue weighted by Gasteiger charge is -2.14. The minimum absolute atomic E-state index is 0.0813. The van der Waals surface area contributed by atoms with Gasteiger partial charge in [-0.1, -0.05) is 13.0 Å². The number of nitrogens with two attached hydrogens (primary N) is 1. The third-order valence-corrected chi connectivity index (χ3v) is 6.97. The van der Waals surface area contributed by atoms with Crippen LogP contribution in [0.15, 0.2) is 48.2 Å². The molecule has 1 amide bonds. The van der Waals surface area contributed by atoms with E-state index >= 15 is 0 Å². The van der Waals surface area contributed by atoms with Gasteiger partial charge in [0.25, 0.3) is 5.91 Å². The highest BCUT2D eigenvalue weighted by molar-refractivity contribution is 7.20. The number of aliphatic hydroxyl groups excluding tert-OH is 1. The second-order valence-corrected chi connectivity index (χ2v) is 9.70. The van der Waals surface area contributed by atoms with Gasteiger partial charge < -0.3 is 21.5 Å². The van der Waals surface area contributed by atoms with E-state index in [9.17, 15) is 23.5 Å². The zero-order valence-electron chi connectivity index (χ0n) is 19.6. The summed E-state index contributed by atoms with van der Waals surface area (Å²) in [4.78, 5) is 28.4. The topological polar surface area (TPSA) is 117 Å². The number of allylic oxidation sites excluding steroid dienone is 2. The Bertz CT molecular complexity index is 1320. The lowest BCUT2D eigenvalue weighted by Crippen LogP contribution is -2.18. The van der Waals surface area contributed by atoms with Crippen LogP contribution in [0.5, 0.6) is 0 Å². The van der Waals surface area contributed by atoms with Gasteiger partial charge in [0.05, 0.1) is 23.4 Å². The van der Waals surface area contributed by atoms with Crippen molar-refractivity contribution in [1.82, 2.24) is 10.3 Å². The van der Waals surface area contributed by atoms with Crippen molar-refractivity contribution in [1.29, 1.82) is 0 Å². The van der Waals surface area contributed by atoms with E-state index in [4.69, 9.17) is 5.73 Å². The Labute approximate surface area is 211 Å². The van der Waals surface area contributed by atoms with Crippen LogP contribution in [0.3, 0.4) is 0 Å². The molecular weight excluding hydrogens is 486 g/mol. The largest absolute Gasteiger partial charge is 0.396 e. The Morgan fingerprint density at radius 3 is 2.64 bits per heavy atom. The van der Waals surface area contributed by atoms with Crippen molar-refractivity contribution >= 4 is 33.8 Å². The molecule has 0 spiro atoms. The second kappa shape index (κ2) is 11.0. The van der Waals surface area contributed by atoms with Crippen molar-refractivity contribution in [3.63, 3.8) is 0 Å². The lowest BCUT2D eigenvalue weighted by atomic mass is 9.99. The Morgan fingerprint density at radius 2 is 1.97 bits per heavy atom. The van der Waals surface area contributed by atoms with E-state index in [0.29, 0.717) is 35.0 Å². The summed E-state index contributed by atoms with van der Waals surface area (Å²) in [5, 5.41) is 15.9. The number of nitrogens with one attached hydrogen (secondary N) is 2. The fourth-order valence-corrected chi connectivity index (χ4v) is 5.03. The highest BCUT2D eigenvalue weighted by Gasteiger charge is 2.22. The van der Waals surface area contributed by atoms with E-state index < -0.39 is 23.5 Å². The zero-order chi connectivity index (χ0) is 25.8. The predicted molar refractivity (Wildman–Crippen MR) is 135 cm³/mol. The number of anilines is 2. The summed E-state index contributed by atoms with van der Waals surface area (Å²) in [7, 11) is 0. The van der Waals surface area contributed by atoms with Gasteiger partial charge in [0.1, 0.15) is 22.5 Å². The van der Waals surface area contributed by atoms with Crippen molar-refractivity contribution in [3.8, 4) is 10.4 Å². The van der Waals surface area contributed by atoms with Crippen LogP contribution in [0, 0.1) is 11.6 Å². The Kier molecular flexibility index (Phi) is 7.76. The first kappa shape index (κ1) is 25.5. The average molecular weight is 513 g/mol. The standard InChI is InChI=1S/C26H26F2N4O3S/c1-14(13-33)15-8-20(27)24(21(28)9-15)22-11-19(25(29)35)26(36-22)32-23-7-3-5-17(31-23)12-30-16-4-2-6-18(34)10-16/h3,5,7-11,14,30,33H,2,4,6,12-13H2,1H3,(H2,29,35)(H,31,32). The van der Waals surface area contributed by atoms with E-state index in [0.717, 1.165) is 29.9 Å². The number of thiophene rings is 1. The minimum atomic E-state index is -0.796. The number of pyridine rings is 1. The first-order chi connectivity index (χ1) is 17.2. The van der Waals surface area contributed by atoms with E-state index in [1.165, 1.54) is 18.2 Å². The van der Waals surface area contributed by atoms with Gasteiger partial charge in [0.15, 0.2) is 5.78 Å². The van der Waals surface area contributed by atoms with E-state index in [1.807, 2.05) is 6.07 Å². The molecule has 7 nitrogen and oxygen atoms in total. The van der Waals surface area contributed by atoms with Crippen LogP contribution < -0.4 is 16.4 Å².